The molecule has 0 atom stereocenters. The Hall–Kier alpha value is -2.27. The zero-order valence-electron chi connectivity index (χ0n) is 14.9. The molecule has 140 valence electrons. The summed E-state index contributed by atoms with van der Waals surface area (Å²) in [6, 6.07) is 11.2. The Bertz CT molecular complexity index is 976. The van der Waals surface area contributed by atoms with E-state index in [1.165, 1.54) is 24.3 Å². The van der Waals surface area contributed by atoms with Gasteiger partial charge in [0, 0.05) is 20.9 Å². The molecular formula is C22H19F3OS. The highest BCUT2D eigenvalue weighted by atomic mass is 32.1. The molecule has 0 unspecified atom stereocenters. The van der Waals surface area contributed by atoms with E-state index in [2.05, 4.69) is 0 Å². The minimum absolute atomic E-state index is 0.0361. The van der Waals surface area contributed by atoms with Crippen molar-refractivity contribution in [2.24, 2.45) is 5.92 Å². The first-order valence-electron chi connectivity index (χ1n) is 9.00. The second-order valence-corrected chi connectivity index (χ2v) is 8.24. The molecule has 1 fully saturated rings. The number of thiophene rings is 1. The predicted molar refractivity (Wildman–Crippen MR) is 103 cm³/mol. The third-order valence-corrected chi connectivity index (χ3v) is 6.08. The average molecular weight is 388 g/mol. The van der Waals surface area contributed by atoms with Gasteiger partial charge in [-0.25, -0.2) is 8.78 Å². The molecule has 1 heterocycles. The third kappa shape index (κ3) is 3.61. The van der Waals surface area contributed by atoms with Gasteiger partial charge in [0.15, 0.2) is 11.6 Å². The summed E-state index contributed by atoms with van der Waals surface area (Å²) in [5.74, 6) is -2.43. The lowest BCUT2D eigenvalue weighted by Crippen LogP contribution is -2.19. The fourth-order valence-corrected chi connectivity index (χ4v) is 4.06. The van der Waals surface area contributed by atoms with Gasteiger partial charge in [0.05, 0.1) is 6.61 Å². The topological polar surface area (TPSA) is 9.23 Å². The first-order chi connectivity index (χ1) is 13.0. The monoisotopic (exact) mass is 388 g/mol. The van der Waals surface area contributed by atoms with Gasteiger partial charge in [-0.3, -0.25) is 0 Å². The van der Waals surface area contributed by atoms with E-state index in [1.807, 2.05) is 19.1 Å². The van der Waals surface area contributed by atoms with Crippen LogP contribution >= 0.6 is 11.3 Å². The summed E-state index contributed by atoms with van der Waals surface area (Å²) in [5, 5.41) is 0. The van der Waals surface area contributed by atoms with Crippen LogP contribution in [0.5, 0.6) is 5.75 Å². The number of ether oxygens (including phenoxy) is 1. The van der Waals surface area contributed by atoms with E-state index in [-0.39, 0.29) is 16.9 Å². The largest absolute Gasteiger partial charge is 0.490 e. The van der Waals surface area contributed by atoms with Crippen LogP contribution < -0.4 is 4.74 Å². The molecule has 1 nitrogen and oxygen atoms in total. The first kappa shape index (κ1) is 18.1. The van der Waals surface area contributed by atoms with Crippen LogP contribution in [0.3, 0.4) is 0 Å². The number of hydrogen-bond donors (Lipinski definition) is 0. The van der Waals surface area contributed by atoms with Crippen molar-refractivity contribution in [3.63, 3.8) is 0 Å². The number of halogens is 3. The zero-order chi connectivity index (χ0) is 19.0. The molecule has 0 saturated heterocycles. The number of benzene rings is 2. The Morgan fingerprint density at radius 1 is 0.963 bits per heavy atom. The average Bonchev–Trinajstić information content (AvgIpc) is 3.04. The minimum atomic E-state index is -1.08. The van der Waals surface area contributed by atoms with Crippen LogP contribution in [0.25, 0.3) is 21.6 Å². The molecule has 1 aromatic heterocycles. The lowest BCUT2D eigenvalue weighted by atomic mass is 9.86. The molecule has 1 aliphatic rings. The van der Waals surface area contributed by atoms with Crippen LogP contribution in [0, 0.1) is 30.3 Å². The second-order valence-electron chi connectivity index (χ2n) is 6.95. The van der Waals surface area contributed by atoms with Crippen molar-refractivity contribution in [2.45, 2.75) is 26.2 Å². The van der Waals surface area contributed by atoms with Crippen LogP contribution in [-0.2, 0) is 0 Å². The smallest absolute Gasteiger partial charge is 0.201 e. The Labute approximate surface area is 160 Å². The lowest BCUT2D eigenvalue weighted by molar-refractivity contribution is 0.174. The van der Waals surface area contributed by atoms with Crippen LogP contribution in [0.2, 0.25) is 0 Å². The molecule has 0 radical (unpaired) electrons. The van der Waals surface area contributed by atoms with E-state index < -0.39 is 17.5 Å². The maximum atomic E-state index is 14.6. The zero-order valence-corrected chi connectivity index (χ0v) is 15.7. The maximum absolute atomic E-state index is 14.6. The molecule has 0 aliphatic heterocycles. The highest BCUT2D eigenvalue weighted by molar-refractivity contribution is 7.15. The van der Waals surface area contributed by atoms with Crippen LogP contribution in [0.4, 0.5) is 13.2 Å². The molecule has 4 rings (SSSR count). The molecule has 0 bridgehead atoms. The maximum Gasteiger partial charge on any atom is 0.201 e. The van der Waals surface area contributed by atoms with E-state index in [1.54, 1.807) is 17.4 Å². The van der Waals surface area contributed by atoms with Gasteiger partial charge in [-0.05, 0) is 61.6 Å². The van der Waals surface area contributed by atoms with E-state index in [4.69, 9.17) is 4.74 Å². The summed E-state index contributed by atoms with van der Waals surface area (Å²) in [4.78, 5) is 2.06. The third-order valence-electron chi connectivity index (χ3n) is 5.03. The molecule has 0 amide bonds. The molecule has 27 heavy (non-hydrogen) atoms. The molecule has 0 spiro atoms. The Morgan fingerprint density at radius 3 is 2.37 bits per heavy atom. The summed E-state index contributed by atoms with van der Waals surface area (Å²) >= 11 is 1.56. The fourth-order valence-electron chi connectivity index (χ4n) is 3.19. The number of rotatable bonds is 5. The van der Waals surface area contributed by atoms with Crippen molar-refractivity contribution in [2.75, 3.05) is 6.61 Å². The normalized spacial score (nSPS) is 14.2. The van der Waals surface area contributed by atoms with E-state index in [9.17, 15) is 13.2 Å². The van der Waals surface area contributed by atoms with Crippen molar-refractivity contribution < 1.29 is 17.9 Å². The SMILES string of the molecule is Cc1ccc(-c2ccc(-c3ccc(OCC4CCC4)c(F)c3F)c(F)c2)s1. The fraction of sp³-hybridized carbons (Fsp3) is 0.273. The molecule has 0 N–H and O–H groups in total. The summed E-state index contributed by atoms with van der Waals surface area (Å²) in [7, 11) is 0. The standard InChI is InChI=1S/C22H19F3OS/c1-13-5-10-20(27-13)15-6-7-16(18(23)11-15)17-8-9-19(22(25)21(17)24)26-12-14-3-2-4-14/h5-11,14H,2-4,12H2,1H3. The van der Waals surface area contributed by atoms with E-state index >= 15 is 0 Å². The van der Waals surface area contributed by atoms with Crippen molar-refractivity contribution in [1.29, 1.82) is 0 Å². The number of hydrogen-bond acceptors (Lipinski definition) is 2. The van der Waals surface area contributed by atoms with Gasteiger partial charge in [-0.2, -0.15) is 4.39 Å². The van der Waals surface area contributed by atoms with Crippen LogP contribution in [0.1, 0.15) is 24.1 Å². The van der Waals surface area contributed by atoms with Gasteiger partial charge < -0.3 is 4.74 Å². The molecule has 1 aliphatic carbocycles. The number of aryl methyl sites for hydroxylation is 1. The van der Waals surface area contributed by atoms with Crippen LogP contribution in [-0.4, -0.2) is 6.61 Å². The van der Waals surface area contributed by atoms with Crippen molar-refractivity contribution >= 4 is 11.3 Å². The lowest BCUT2D eigenvalue weighted by Gasteiger charge is -2.25. The van der Waals surface area contributed by atoms with E-state index in [0.717, 1.165) is 34.6 Å². The predicted octanol–water partition coefficient (Wildman–Crippen LogP) is 6.99. The second kappa shape index (κ2) is 7.39. The molecular weight excluding hydrogens is 369 g/mol. The first-order valence-corrected chi connectivity index (χ1v) is 9.82. The van der Waals surface area contributed by atoms with E-state index in [0.29, 0.717) is 12.5 Å². The van der Waals surface area contributed by atoms with Crippen molar-refractivity contribution in [3.8, 4) is 27.3 Å². The highest BCUT2D eigenvalue weighted by Crippen LogP contribution is 2.35. The van der Waals surface area contributed by atoms with Gasteiger partial charge in [0.2, 0.25) is 5.82 Å². The van der Waals surface area contributed by atoms with Gasteiger partial charge in [0.1, 0.15) is 5.82 Å². The highest BCUT2D eigenvalue weighted by Gasteiger charge is 2.21. The molecule has 5 heteroatoms. The van der Waals surface area contributed by atoms with Crippen molar-refractivity contribution in [1.82, 2.24) is 0 Å². The summed E-state index contributed by atoms with van der Waals surface area (Å²) in [6.07, 6.45) is 3.27. The molecule has 2 aromatic carbocycles. The minimum Gasteiger partial charge on any atom is -0.490 e. The Balaban J connectivity index is 1.61. The van der Waals surface area contributed by atoms with Crippen molar-refractivity contribution in [3.05, 3.63) is 64.8 Å². The summed E-state index contributed by atoms with van der Waals surface area (Å²) in [6.45, 7) is 2.37. The van der Waals surface area contributed by atoms with Crippen LogP contribution in [0.15, 0.2) is 42.5 Å². The molecule has 3 aromatic rings. The van der Waals surface area contributed by atoms with Gasteiger partial charge in [-0.15, -0.1) is 11.3 Å². The Kier molecular flexibility index (Phi) is 4.96. The Morgan fingerprint density at radius 2 is 1.74 bits per heavy atom. The quantitative estimate of drug-likeness (QED) is 0.458. The summed E-state index contributed by atoms with van der Waals surface area (Å²) in [5.41, 5.74) is 0.652. The van der Waals surface area contributed by atoms with Gasteiger partial charge >= 0.3 is 0 Å². The van der Waals surface area contributed by atoms with Gasteiger partial charge in [-0.1, -0.05) is 18.6 Å². The van der Waals surface area contributed by atoms with Gasteiger partial charge in [0.25, 0.3) is 0 Å². The summed E-state index contributed by atoms with van der Waals surface area (Å²) < 4.78 is 49.0. The molecule has 1 saturated carbocycles.